The molecule has 0 saturated heterocycles. The van der Waals surface area contributed by atoms with E-state index in [4.69, 9.17) is 16.0 Å². The van der Waals surface area contributed by atoms with Gasteiger partial charge in [0.2, 0.25) is 0 Å². The van der Waals surface area contributed by atoms with Crippen molar-refractivity contribution in [3.05, 3.63) is 69.7 Å². The van der Waals surface area contributed by atoms with Crippen molar-refractivity contribution in [3.8, 4) is 0 Å². The summed E-state index contributed by atoms with van der Waals surface area (Å²) in [5, 5.41) is 3.61. The van der Waals surface area contributed by atoms with E-state index in [1.165, 1.54) is 12.3 Å². The van der Waals surface area contributed by atoms with Crippen LogP contribution in [-0.2, 0) is 0 Å². The number of nitrogens with zero attached hydrogens (tertiary/aromatic N) is 1. The van der Waals surface area contributed by atoms with Gasteiger partial charge < -0.3 is 9.73 Å². The zero-order valence-electron chi connectivity index (χ0n) is 10.7. The van der Waals surface area contributed by atoms with Crippen molar-refractivity contribution in [1.29, 1.82) is 0 Å². The van der Waals surface area contributed by atoms with Crippen LogP contribution in [0.1, 0.15) is 10.4 Å². The molecule has 0 unspecified atom stereocenters. The van der Waals surface area contributed by atoms with Crippen LogP contribution >= 0.6 is 11.6 Å². The number of benzene rings is 1. The van der Waals surface area contributed by atoms with Crippen LogP contribution in [0.15, 0.2) is 57.9 Å². The van der Waals surface area contributed by atoms with Crippen molar-refractivity contribution in [2.24, 2.45) is 0 Å². The highest BCUT2D eigenvalue weighted by Crippen LogP contribution is 2.19. The Morgan fingerprint density at radius 1 is 1.19 bits per heavy atom. The number of carbonyl (C=O) groups is 1. The van der Waals surface area contributed by atoms with Crippen LogP contribution in [0.5, 0.6) is 0 Å². The first-order chi connectivity index (χ1) is 10.1. The predicted molar refractivity (Wildman–Crippen MR) is 79.7 cm³/mol. The molecule has 0 saturated carbocycles. The van der Waals surface area contributed by atoms with Gasteiger partial charge in [0, 0.05) is 16.6 Å². The Bertz CT molecular complexity index is 875. The monoisotopic (exact) mass is 300 g/mol. The van der Waals surface area contributed by atoms with Crippen molar-refractivity contribution in [1.82, 2.24) is 4.98 Å². The lowest BCUT2D eigenvalue weighted by Gasteiger charge is -2.04. The van der Waals surface area contributed by atoms with Crippen LogP contribution in [0, 0.1) is 0 Å². The van der Waals surface area contributed by atoms with Gasteiger partial charge in [0.25, 0.3) is 5.91 Å². The minimum absolute atomic E-state index is 0.101. The maximum absolute atomic E-state index is 12.1. The molecule has 5 nitrogen and oxygen atoms in total. The van der Waals surface area contributed by atoms with Crippen molar-refractivity contribution in [2.75, 3.05) is 5.32 Å². The number of amides is 1. The third-order valence-corrected chi connectivity index (χ3v) is 3.08. The average Bonchev–Trinajstić information content (AvgIpc) is 2.48. The van der Waals surface area contributed by atoms with E-state index < -0.39 is 11.5 Å². The Morgan fingerprint density at radius 2 is 2.05 bits per heavy atom. The van der Waals surface area contributed by atoms with Crippen LogP contribution < -0.4 is 10.9 Å². The van der Waals surface area contributed by atoms with Crippen molar-refractivity contribution < 1.29 is 9.21 Å². The van der Waals surface area contributed by atoms with E-state index in [2.05, 4.69) is 10.3 Å². The summed E-state index contributed by atoms with van der Waals surface area (Å²) in [5.74, 6) is -0.225. The zero-order valence-corrected chi connectivity index (χ0v) is 11.4. The second-order valence-corrected chi connectivity index (χ2v) is 4.74. The number of hydrogen-bond acceptors (Lipinski definition) is 4. The summed E-state index contributed by atoms with van der Waals surface area (Å²) in [7, 11) is 0. The van der Waals surface area contributed by atoms with E-state index in [1.807, 2.05) is 0 Å². The summed E-state index contributed by atoms with van der Waals surface area (Å²) in [5.41, 5.74) is -0.438. The summed E-state index contributed by atoms with van der Waals surface area (Å²) in [6.07, 6.45) is 1.54. The fourth-order valence-electron chi connectivity index (χ4n) is 1.87. The molecular formula is C15H9ClN2O3. The molecule has 1 N–H and O–H groups in total. The normalized spacial score (nSPS) is 10.5. The molecule has 3 rings (SSSR count). The maximum atomic E-state index is 12.1. The smallest absolute Gasteiger partial charge is 0.349 e. The van der Waals surface area contributed by atoms with Gasteiger partial charge in [-0.25, -0.2) is 9.78 Å². The quantitative estimate of drug-likeness (QED) is 0.738. The minimum atomic E-state index is -0.710. The van der Waals surface area contributed by atoms with Crippen LogP contribution in [-0.4, -0.2) is 10.9 Å². The van der Waals surface area contributed by atoms with Gasteiger partial charge in [0.05, 0.1) is 0 Å². The molecule has 0 radical (unpaired) electrons. The molecule has 1 aromatic carbocycles. The number of fused-ring (bicyclic) bond motifs is 1. The first kappa shape index (κ1) is 13.3. The standard InChI is InChI=1S/C15H9ClN2O3/c16-10-4-5-12-9(7-10)8-11(15(20)21-12)14(19)18-13-3-1-2-6-17-13/h1-8H,(H,17,18,19). The molecule has 21 heavy (non-hydrogen) atoms. The second-order valence-electron chi connectivity index (χ2n) is 4.30. The fraction of sp³-hybridized carbons (Fsp3) is 0. The number of hydrogen-bond donors (Lipinski definition) is 1. The number of anilines is 1. The molecule has 2 heterocycles. The number of nitrogens with one attached hydrogen (secondary N) is 1. The Labute approximate surface area is 124 Å². The molecule has 1 amide bonds. The lowest BCUT2D eigenvalue weighted by atomic mass is 10.2. The summed E-state index contributed by atoms with van der Waals surface area (Å²) in [6, 6.07) is 11.3. The lowest BCUT2D eigenvalue weighted by Crippen LogP contribution is -2.21. The summed E-state index contributed by atoms with van der Waals surface area (Å²) >= 11 is 5.89. The van der Waals surface area contributed by atoms with Crippen LogP contribution in [0.4, 0.5) is 5.82 Å². The molecule has 0 aliphatic rings. The fourth-order valence-corrected chi connectivity index (χ4v) is 2.05. The average molecular weight is 301 g/mol. The van der Waals surface area contributed by atoms with E-state index in [1.54, 1.807) is 36.4 Å². The molecule has 0 spiro atoms. The van der Waals surface area contributed by atoms with Gasteiger partial charge in [-0.05, 0) is 36.4 Å². The summed E-state index contributed by atoms with van der Waals surface area (Å²) in [6.45, 7) is 0. The predicted octanol–water partition coefficient (Wildman–Crippen LogP) is 3.09. The molecule has 0 aliphatic heterocycles. The highest BCUT2D eigenvalue weighted by Gasteiger charge is 2.14. The van der Waals surface area contributed by atoms with Crippen molar-refractivity contribution in [2.45, 2.75) is 0 Å². The molecule has 0 bridgehead atoms. The van der Waals surface area contributed by atoms with E-state index in [-0.39, 0.29) is 5.56 Å². The van der Waals surface area contributed by atoms with Gasteiger partial charge in [-0.3, -0.25) is 4.79 Å². The number of carbonyl (C=O) groups excluding carboxylic acids is 1. The van der Waals surface area contributed by atoms with Crippen molar-refractivity contribution in [3.63, 3.8) is 0 Å². The number of halogens is 1. The highest BCUT2D eigenvalue weighted by atomic mass is 35.5. The molecular weight excluding hydrogens is 292 g/mol. The van der Waals surface area contributed by atoms with Crippen LogP contribution in [0.2, 0.25) is 5.02 Å². The molecule has 3 aromatic rings. The van der Waals surface area contributed by atoms with Gasteiger partial charge in [-0.2, -0.15) is 0 Å². The van der Waals surface area contributed by atoms with Gasteiger partial charge in [-0.1, -0.05) is 17.7 Å². The minimum Gasteiger partial charge on any atom is -0.422 e. The Kier molecular flexibility index (Phi) is 3.41. The first-order valence-corrected chi connectivity index (χ1v) is 6.47. The molecule has 104 valence electrons. The topological polar surface area (TPSA) is 72.2 Å². The summed E-state index contributed by atoms with van der Waals surface area (Å²) < 4.78 is 5.11. The van der Waals surface area contributed by atoms with Crippen LogP contribution in [0.25, 0.3) is 11.0 Å². The third-order valence-electron chi connectivity index (χ3n) is 2.85. The van der Waals surface area contributed by atoms with Gasteiger partial charge in [0.1, 0.15) is 17.0 Å². The number of rotatable bonds is 2. The number of aromatic nitrogens is 1. The molecule has 0 atom stereocenters. The third kappa shape index (κ3) is 2.78. The Balaban J connectivity index is 2.01. The molecule has 0 fully saturated rings. The van der Waals surface area contributed by atoms with Crippen molar-refractivity contribution >= 4 is 34.3 Å². The van der Waals surface area contributed by atoms with E-state index in [9.17, 15) is 9.59 Å². The van der Waals surface area contributed by atoms with Crippen LogP contribution in [0.3, 0.4) is 0 Å². The molecule has 0 aliphatic carbocycles. The zero-order chi connectivity index (χ0) is 14.8. The second kappa shape index (κ2) is 5.38. The molecule has 6 heteroatoms. The number of pyridine rings is 1. The Morgan fingerprint density at radius 3 is 2.81 bits per heavy atom. The largest absolute Gasteiger partial charge is 0.422 e. The van der Waals surface area contributed by atoms with Gasteiger partial charge in [-0.15, -0.1) is 0 Å². The SMILES string of the molecule is O=C(Nc1ccccn1)c1cc2cc(Cl)ccc2oc1=O. The lowest BCUT2D eigenvalue weighted by molar-refractivity contribution is 0.102. The molecule has 2 aromatic heterocycles. The first-order valence-electron chi connectivity index (χ1n) is 6.09. The maximum Gasteiger partial charge on any atom is 0.349 e. The highest BCUT2D eigenvalue weighted by molar-refractivity contribution is 6.31. The van der Waals surface area contributed by atoms with E-state index in [0.29, 0.717) is 21.8 Å². The van der Waals surface area contributed by atoms with E-state index in [0.717, 1.165) is 0 Å². The van der Waals surface area contributed by atoms with Gasteiger partial charge >= 0.3 is 5.63 Å². The Hall–Kier alpha value is -2.66. The van der Waals surface area contributed by atoms with E-state index >= 15 is 0 Å². The van der Waals surface area contributed by atoms with Gasteiger partial charge in [0.15, 0.2) is 0 Å². The summed E-state index contributed by atoms with van der Waals surface area (Å²) in [4.78, 5) is 28.0.